The van der Waals surface area contributed by atoms with E-state index in [0.29, 0.717) is 25.3 Å². The number of benzene rings is 1. The Labute approximate surface area is 135 Å². The van der Waals surface area contributed by atoms with E-state index < -0.39 is 12.0 Å². The quantitative estimate of drug-likeness (QED) is 0.919. The highest BCUT2D eigenvalue weighted by Gasteiger charge is 2.30. The van der Waals surface area contributed by atoms with Gasteiger partial charge in [-0.3, -0.25) is 14.7 Å². The molecule has 0 bridgehead atoms. The van der Waals surface area contributed by atoms with Crippen molar-refractivity contribution in [3.63, 3.8) is 0 Å². The molecule has 1 aliphatic rings. The zero-order valence-electron chi connectivity index (χ0n) is 13.1. The van der Waals surface area contributed by atoms with Crippen molar-refractivity contribution < 1.29 is 14.6 Å². The number of aromatic nitrogens is 1. The number of hydrogen-bond donors (Lipinski definition) is 1. The number of pyridine rings is 1. The molecule has 120 valence electrons. The van der Waals surface area contributed by atoms with Crippen LogP contribution in [0.25, 0.3) is 0 Å². The number of carbonyl (C=O) groups is 1. The first-order valence-corrected chi connectivity index (χ1v) is 7.80. The first-order chi connectivity index (χ1) is 11.2. The fraction of sp³-hybridized carbons (Fsp3) is 0.333. The topological polar surface area (TPSA) is 62.7 Å². The van der Waals surface area contributed by atoms with Crippen molar-refractivity contribution in [3.05, 3.63) is 59.4 Å². The van der Waals surface area contributed by atoms with Crippen molar-refractivity contribution in [2.75, 3.05) is 13.2 Å². The average molecular weight is 312 g/mol. The summed E-state index contributed by atoms with van der Waals surface area (Å²) in [5.74, 6) is -0.0104. The van der Waals surface area contributed by atoms with Crippen LogP contribution in [-0.2, 0) is 17.8 Å². The van der Waals surface area contributed by atoms with Crippen LogP contribution in [0, 0.1) is 0 Å². The van der Waals surface area contributed by atoms with Crippen LogP contribution in [0.2, 0.25) is 0 Å². The normalized spacial score (nSPS) is 15.7. The maximum absolute atomic E-state index is 11.8. The van der Waals surface area contributed by atoms with E-state index in [0.717, 1.165) is 17.7 Å². The summed E-state index contributed by atoms with van der Waals surface area (Å²) in [4.78, 5) is 17.8. The van der Waals surface area contributed by atoms with E-state index in [1.165, 1.54) is 5.56 Å². The molecule has 0 fully saturated rings. The highest BCUT2D eigenvalue weighted by atomic mass is 16.5. The number of rotatable bonds is 5. The first-order valence-electron chi connectivity index (χ1n) is 7.80. The molecule has 5 heteroatoms. The summed E-state index contributed by atoms with van der Waals surface area (Å²) < 4.78 is 5.55. The number of nitrogens with zero attached hydrogens (tertiary/aromatic N) is 2. The molecule has 0 radical (unpaired) electrons. The third kappa shape index (κ3) is 3.35. The number of carboxylic acids is 1. The van der Waals surface area contributed by atoms with Gasteiger partial charge in [0.05, 0.1) is 6.61 Å². The lowest BCUT2D eigenvalue weighted by atomic mass is 9.96. The average Bonchev–Trinajstić information content (AvgIpc) is 2.56. The van der Waals surface area contributed by atoms with Gasteiger partial charge in [0.15, 0.2) is 0 Å². The second-order valence-corrected chi connectivity index (χ2v) is 5.61. The van der Waals surface area contributed by atoms with E-state index in [2.05, 4.69) is 11.1 Å². The van der Waals surface area contributed by atoms with Gasteiger partial charge in [-0.2, -0.15) is 0 Å². The van der Waals surface area contributed by atoms with Crippen molar-refractivity contribution >= 4 is 5.97 Å². The Morgan fingerprint density at radius 3 is 2.96 bits per heavy atom. The number of aliphatic carboxylic acids is 1. The maximum atomic E-state index is 11.8. The molecule has 1 unspecified atom stereocenters. The first kappa shape index (κ1) is 15.5. The highest BCUT2D eigenvalue weighted by Crippen LogP contribution is 2.29. The van der Waals surface area contributed by atoms with E-state index in [9.17, 15) is 9.90 Å². The molecule has 1 aromatic carbocycles. The molecule has 3 rings (SSSR count). The molecule has 0 amide bonds. The Kier molecular flexibility index (Phi) is 4.57. The molecular formula is C18H20N2O3. The van der Waals surface area contributed by atoms with Crippen LogP contribution in [-0.4, -0.2) is 34.1 Å². The van der Waals surface area contributed by atoms with Crippen LogP contribution in [0.4, 0.5) is 0 Å². The second kappa shape index (κ2) is 6.79. The Morgan fingerprint density at radius 2 is 2.26 bits per heavy atom. The van der Waals surface area contributed by atoms with Gasteiger partial charge in [0.2, 0.25) is 0 Å². The molecule has 1 aliphatic heterocycles. The number of fused-ring (bicyclic) bond motifs is 1. The smallest absolute Gasteiger partial charge is 0.325 e. The fourth-order valence-electron chi connectivity index (χ4n) is 3.08. The summed E-state index contributed by atoms with van der Waals surface area (Å²) in [6.07, 6.45) is 4.12. The largest absolute Gasteiger partial charge is 0.494 e. The summed E-state index contributed by atoms with van der Waals surface area (Å²) in [7, 11) is 0. The van der Waals surface area contributed by atoms with Crippen molar-refractivity contribution in [3.8, 4) is 5.75 Å². The van der Waals surface area contributed by atoms with Crippen LogP contribution in [0.5, 0.6) is 5.75 Å². The van der Waals surface area contributed by atoms with Crippen LogP contribution >= 0.6 is 0 Å². The van der Waals surface area contributed by atoms with Gasteiger partial charge in [0, 0.05) is 25.5 Å². The number of carboxylic acid groups (broad SMARTS) is 1. The van der Waals surface area contributed by atoms with Gasteiger partial charge in [-0.25, -0.2) is 0 Å². The van der Waals surface area contributed by atoms with Gasteiger partial charge in [-0.05, 0) is 48.2 Å². The van der Waals surface area contributed by atoms with E-state index in [-0.39, 0.29) is 0 Å². The molecule has 23 heavy (non-hydrogen) atoms. The molecule has 0 aliphatic carbocycles. The van der Waals surface area contributed by atoms with Crippen molar-refractivity contribution in [2.45, 2.75) is 25.9 Å². The Morgan fingerprint density at radius 1 is 1.39 bits per heavy atom. The summed E-state index contributed by atoms with van der Waals surface area (Å²) in [5.41, 5.74) is 3.11. The number of ether oxygens (including phenoxy) is 1. The Bertz CT molecular complexity index is 688. The zero-order valence-corrected chi connectivity index (χ0v) is 13.1. The van der Waals surface area contributed by atoms with Gasteiger partial charge in [0.25, 0.3) is 0 Å². The molecule has 2 heterocycles. The van der Waals surface area contributed by atoms with Crippen LogP contribution in [0.3, 0.4) is 0 Å². The van der Waals surface area contributed by atoms with Crippen LogP contribution in [0.1, 0.15) is 29.7 Å². The van der Waals surface area contributed by atoms with Gasteiger partial charge in [-0.15, -0.1) is 0 Å². The lowest BCUT2D eigenvalue weighted by molar-refractivity contribution is -0.144. The van der Waals surface area contributed by atoms with Gasteiger partial charge in [-0.1, -0.05) is 12.1 Å². The minimum atomic E-state index is -0.845. The van der Waals surface area contributed by atoms with Crippen LogP contribution < -0.4 is 4.74 Å². The monoisotopic (exact) mass is 312 g/mol. The molecule has 0 saturated carbocycles. The summed E-state index contributed by atoms with van der Waals surface area (Å²) in [5, 5.41) is 9.67. The molecule has 5 nitrogen and oxygen atoms in total. The predicted octanol–water partition coefficient (Wildman–Crippen LogP) is 2.66. The molecule has 1 aromatic heterocycles. The Balaban J connectivity index is 1.87. The molecule has 0 spiro atoms. The standard InChI is InChI=1S/C18H20N2O3/c1-2-23-16-6-5-13-7-9-20(12-15(13)10-16)17(18(21)22)14-4-3-8-19-11-14/h3-6,8,10-11,17H,2,7,9,12H2,1H3,(H,21,22). The minimum absolute atomic E-state index is 0.599. The highest BCUT2D eigenvalue weighted by molar-refractivity contribution is 5.75. The van der Waals surface area contributed by atoms with Crippen molar-refractivity contribution in [1.29, 1.82) is 0 Å². The zero-order chi connectivity index (χ0) is 16.2. The Hall–Kier alpha value is -2.40. The summed E-state index contributed by atoms with van der Waals surface area (Å²) in [6, 6.07) is 9.00. The predicted molar refractivity (Wildman–Crippen MR) is 86.3 cm³/mol. The van der Waals surface area contributed by atoms with Gasteiger partial charge >= 0.3 is 5.97 Å². The third-order valence-electron chi connectivity index (χ3n) is 4.13. The minimum Gasteiger partial charge on any atom is -0.494 e. The van der Waals surface area contributed by atoms with Gasteiger partial charge < -0.3 is 9.84 Å². The van der Waals surface area contributed by atoms with E-state index in [4.69, 9.17) is 4.74 Å². The molecule has 2 aromatic rings. The second-order valence-electron chi connectivity index (χ2n) is 5.61. The molecule has 1 atom stereocenters. The van der Waals surface area contributed by atoms with Gasteiger partial charge in [0.1, 0.15) is 11.8 Å². The van der Waals surface area contributed by atoms with Crippen molar-refractivity contribution in [2.24, 2.45) is 0 Å². The summed E-state index contributed by atoms with van der Waals surface area (Å²) >= 11 is 0. The third-order valence-corrected chi connectivity index (χ3v) is 4.13. The van der Waals surface area contributed by atoms with Crippen molar-refractivity contribution in [1.82, 2.24) is 9.88 Å². The van der Waals surface area contributed by atoms with E-state index in [1.807, 2.05) is 30.0 Å². The SMILES string of the molecule is CCOc1ccc2c(c1)CN(C(C(=O)O)c1cccnc1)CC2. The lowest BCUT2D eigenvalue weighted by Gasteiger charge is -2.33. The molecular weight excluding hydrogens is 292 g/mol. The molecule has 1 N–H and O–H groups in total. The number of hydrogen-bond acceptors (Lipinski definition) is 4. The maximum Gasteiger partial charge on any atom is 0.325 e. The lowest BCUT2D eigenvalue weighted by Crippen LogP contribution is -2.38. The molecule has 0 saturated heterocycles. The van der Waals surface area contributed by atoms with E-state index >= 15 is 0 Å². The van der Waals surface area contributed by atoms with E-state index in [1.54, 1.807) is 18.5 Å². The summed E-state index contributed by atoms with van der Waals surface area (Å²) in [6.45, 7) is 3.89. The fourth-order valence-corrected chi connectivity index (χ4v) is 3.08. The van der Waals surface area contributed by atoms with Crippen LogP contribution in [0.15, 0.2) is 42.7 Å².